The summed E-state index contributed by atoms with van der Waals surface area (Å²) in [5, 5.41) is 0. The van der Waals surface area contributed by atoms with Crippen molar-refractivity contribution in [3.05, 3.63) is 53.6 Å². The number of halogens is 1. The highest BCUT2D eigenvalue weighted by Crippen LogP contribution is 2.39. The minimum absolute atomic E-state index is 0.0699. The minimum Gasteiger partial charge on any atom is -0.312 e. The predicted octanol–water partition coefficient (Wildman–Crippen LogP) is 2.91. The third kappa shape index (κ3) is 2.71. The molecule has 1 fully saturated rings. The zero-order chi connectivity index (χ0) is 16.9. The molecule has 4 nitrogen and oxygen atoms in total. The Morgan fingerprint density at radius 3 is 2.62 bits per heavy atom. The molecule has 0 spiro atoms. The van der Waals surface area contributed by atoms with Gasteiger partial charge in [0.25, 0.3) is 0 Å². The smallest absolute Gasteiger partial charge is 0.302 e. The van der Waals surface area contributed by atoms with Crippen molar-refractivity contribution in [2.45, 2.75) is 12.8 Å². The van der Waals surface area contributed by atoms with Crippen molar-refractivity contribution in [1.82, 2.24) is 0 Å². The van der Waals surface area contributed by atoms with Crippen LogP contribution in [0.1, 0.15) is 17.5 Å². The summed E-state index contributed by atoms with van der Waals surface area (Å²) < 4.78 is 34.5. The molecule has 2 aromatic carbocycles. The Bertz CT molecular complexity index is 939. The fourth-order valence-electron chi connectivity index (χ4n) is 3.72. The Morgan fingerprint density at radius 1 is 1.08 bits per heavy atom. The Morgan fingerprint density at radius 2 is 1.83 bits per heavy atom. The van der Waals surface area contributed by atoms with E-state index in [9.17, 15) is 17.1 Å². The summed E-state index contributed by atoms with van der Waals surface area (Å²) in [4.78, 5) is 13.8. The zero-order valence-corrected chi connectivity index (χ0v) is 13.7. The molecule has 124 valence electrons. The van der Waals surface area contributed by atoms with E-state index in [0.29, 0.717) is 0 Å². The van der Waals surface area contributed by atoms with E-state index >= 15 is 0 Å². The zero-order valence-electron chi connectivity index (χ0n) is 12.9. The molecule has 4 rings (SSSR count). The predicted molar refractivity (Wildman–Crippen MR) is 90.0 cm³/mol. The summed E-state index contributed by atoms with van der Waals surface area (Å²) in [5.74, 6) is -1.23. The molecule has 1 atom stereocenters. The van der Waals surface area contributed by atoms with Crippen LogP contribution in [0.2, 0.25) is 0 Å². The monoisotopic (exact) mass is 345 g/mol. The first-order valence-corrected chi connectivity index (χ1v) is 9.40. The lowest BCUT2D eigenvalue weighted by Gasteiger charge is -2.17. The molecule has 1 unspecified atom stereocenters. The van der Waals surface area contributed by atoms with Crippen LogP contribution in [0.15, 0.2) is 42.5 Å². The Hall–Kier alpha value is -2.21. The average Bonchev–Trinajstić information content (AvgIpc) is 3.05. The van der Waals surface area contributed by atoms with E-state index in [1.54, 1.807) is 4.90 Å². The van der Waals surface area contributed by atoms with Gasteiger partial charge in [0.15, 0.2) is 0 Å². The van der Waals surface area contributed by atoms with Gasteiger partial charge < -0.3 is 4.90 Å². The van der Waals surface area contributed by atoms with Crippen molar-refractivity contribution in [3.8, 4) is 11.1 Å². The van der Waals surface area contributed by atoms with Crippen molar-refractivity contribution in [3.63, 3.8) is 0 Å². The maximum absolute atomic E-state index is 12.9. The second-order valence-electron chi connectivity index (χ2n) is 6.46. The van der Waals surface area contributed by atoms with Crippen LogP contribution >= 0.6 is 0 Å². The van der Waals surface area contributed by atoms with E-state index in [1.807, 2.05) is 30.3 Å². The molecule has 0 N–H and O–H groups in total. The van der Waals surface area contributed by atoms with Crippen LogP contribution < -0.4 is 4.90 Å². The fourth-order valence-corrected chi connectivity index (χ4v) is 4.51. The summed E-state index contributed by atoms with van der Waals surface area (Å²) >= 11 is 0. The van der Waals surface area contributed by atoms with Crippen molar-refractivity contribution >= 4 is 21.8 Å². The maximum Gasteiger partial charge on any atom is 0.302 e. The third-order valence-electron chi connectivity index (χ3n) is 4.73. The van der Waals surface area contributed by atoms with Crippen LogP contribution in [0.3, 0.4) is 0 Å². The first-order valence-electron chi connectivity index (χ1n) is 7.84. The number of fused-ring (bicyclic) bond motifs is 3. The van der Waals surface area contributed by atoms with Gasteiger partial charge in [-0.2, -0.15) is 8.42 Å². The molecule has 1 amide bonds. The minimum atomic E-state index is -4.56. The molecule has 24 heavy (non-hydrogen) atoms. The molecule has 6 heteroatoms. The van der Waals surface area contributed by atoms with Gasteiger partial charge in [0.05, 0.1) is 5.75 Å². The van der Waals surface area contributed by atoms with Gasteiger partial charge in [0.1, 0.15) is 0 Å². The molecule has 0 radical (unpaired) electrons. The quantitative estimate of drug-likeness (QED) is 0.686. The summed E-state index contributed by atoms with van der Waals surface area (Å²) in [6.07, 6.45) is 0.893. The summed E-state index contributed by atoms with van der Waals surface area (Å²) in [5.41, 5.74) is 5.56. The molecule has 2 aromatic rings. The molecular formula is C18H16FNO3S. The van der Waals surface area contributed by atoms with E-state index in [-0.39, 0.29) is 18.9 Å². The maximum atomic E-state index is 12.9. The van der Waals surface area contributed by atoms with Gasteiger partial charge >= 0.3 is 10.2 Å². The normalized spacial score (nSPS) is 19.5. The van der Waals surface area contributed by atoms with Gasteiger partial charge in [-0.15, -0.1) is 3.89 Å². The van der Waals surface area contributed by atoms with Gasteiger partial charge in [-0.25, -0.2) is 0 Å². The van der Waals surface area contributed by atoms with Crippen LogP contribution in [0.5, 0.6) is 0 Å². The second kappa shape index (κ2) is 5.41. The van der Waals surface area contributed by atoms with Crippen molar-refractivity contribution in [1.29, 1.82) is 0 Å². The number of amides is 1. The highest BCUT2D eigenvalue weighted by molar-refractivity contribution is 7.86. The topological polar surface area (TPSA) is 54.5 Å². The van der Waals surface area contributed by atoms with Crippen LogP contribution in [0.4, 0.5) is 9.57 Å². The van der Waals surface area contributed by atoms with Crippen LogP contribution in [-0.4, -0.2) is 26.6 Å². The number of anilines is 1. The highest BCUT2D eigenvalue weighted by Gasteiger charge is 2.34. The van der Waals surface area contributed by atoms with Crippen LogP contribution in [0, 0.1) is 5.92 Å². The van der Waals surface area contributed by atoms with Gasteiger partial charge in [0.2, 0.25) is 5.91 Å². The Kier molecular flexibility index (Phi) is 3.46. The number of carbonyl (C=O) groups excluding carboxylic acids is 1. The number of nitrogens with zero attached hydrogens (tertiary/aromatic N) is 1. The molecule has 1 aliphatic carbocycles. The summed E-state index contributed by atoms with van der Waals surface area (Å²) in [6, 6.07) is 14.1. The second-order valence-corrected chi connectivity index (χ2v) is 7.87. The first-order chi connectivity index (χ1) is 11.4. The van der Waals surface area contributed by atoms with Gasteiger partial charge in [0, 0.05) is 24.6 Å². The van der Waals surface area contributed by atoms with E-state index in [1.165, 1.54) is 16.7 Å². The molecular weight excluding hydrogens is 329 g/mol. The van der Waals surface area contributed by atoms with E-state index < -0.39 is 21.9 Å². The number of benzene rings is 2. The van der Waals surface area contributed by atoms with Crippen molar-refractivity contribution in [2.75, 3.05) is 17.2 Å². The van der Waals surface area contributed by atoms with Crippen LogP contribution in [-0.2, 0) is 21.4 Å². The fraction of sp³-hybridized carbons (Fsp3) is 0.278. The van der Waals surface area contributed by atoms with E-state index in [0.717, 1.165) is 17.7 Å². The van der Waals surface area contributed by atoms with Crippen molar-refractivity contribution in [2.24, 2.45) is 5.92 Å². The SMILES string of the molecule is O=C1CC(CS(=O)(=O)F)CN1c1ccc2c(c1)Cc1ccccc1-2. The van der Waals surface area contributed by atoms with E-state index in [2.05, 4.69) is 12.1 Å². The Balaban J connectivity index is 1.61. The largest absolute Gasteiger partial charge is 0.312 e. The average molecular weight is 345 g/mol. The summed E-state index contributed by atoms with van der Waals surface area (Å²) in [6.45, 7) is 0.244. The molecule has 1 heterocycles. The number of rotatable bonds is 3. The molecule has 0 saturated carbocycles. The first kappa shape index (κ1) is 15.3. The van der Waals surface area contributed by atoms with Crippen LogP contribution in [0.25, 0.3) is 11.1 Å². The third-order valence-corrected chi connectivity index (χ3v) is 5.60. The highest BCUT2D eigenvalue weighted by atomic mass is 32.3. The lowest BCUT2D eigenvalue weighted by molar-refractivity contribution is -0.117. The molecule has 1 aliphatic heterocycles. The van der Waals surface area contributed by atoms with Gasteiger partial charge in [-0.3, -0.25) is 4.79 Å². The van der Waals surface area contributed by atoms with Crippen molar-refractivity contribution < 1.29 is 17.1 Å². The number of carbonyl (C=O) groups is 1. The van der Waals surface area contributed by atoms with E-state index in [4.69, 9.17) is 0 Å². The molecule has 1 saturated heterocycles. The Labute approximate surface area is 140 Å². The summed E-state index contributed by atoms with van der Waals surface area (Å²) in [7, 11) is -4.56. The number of hydrogen-bond donors (Lipinski definition) is 0. The lowest BCUT2D eigenvalue weighted by Crippen LogP contribution is -2.25. The molecule has 0 bridgehead atoms. The van der Waals surface area contributed by atoms with Gasteiger partial charge in [-0.1, -0.05) is 30.3 Å². The number of hydrogen-bond acceptors (Lipinski definition) is 3. The molecule has 0 aromatic heterocycles. The lowest BCUT2D eigenvalue weighted by atomic mass is 10.1. The standard InChI is InChI=1S/C18H16FNO3S/c19-24(22,23)11-12-7-18(21)20(10-12)15-5-6-17-14(9-15)8-13-3-1-2-4-16(13)17/h1-6,9,12H,7-8,10-11H2. The van der Waals surface area contributed by atoms with Gasteiger partial charge in [-0.05, 0) is 40.8 Å². The molecule has 2 aliphatic rings.